The molecule has 1 N–H and O–H groups in total. The lowest BCUT2D eigenvalue weighted by Crippen LogP contribution is -1.92. The molecule has 0 aliphatic heterocycles. The van der Waals surface area contributed by atoms with Crippen molar-refractivity contribution in [3.05, 3.63) is 76.5 Å². The van der Waals surface area contributed by atoms with E-state index in [4.69, 9.17) is 16.6 Å². The lowest BCUT2D eigenvalue weighted by molar-refractivity contribution is 0.112. The molecular formula is C21H15ClN6OS. The molecule has 5 rings (SSSR count). The summed E-state index contributed by atoms with van der Waals surface area (Å²) in [5.74, 6) is 0.672. The van der Waals surface area contributed by atoms with Gasteiger partial charge in [0.25, 0.3) is 0 Å². The number of aryl methyl sites for hydroxylation is 1. The highest BCUT2D eigenvalue weighted by molar-refractivity contribution is 7.18. The molecule has 0 spiro atoms. The molecule has 5 aromatic rings. The molecule has 0 aliphatic carbocycles. The number of rotatable bonds is 5. The maximum Gasteiger partial charge on any atom is 0.173 e. The van der Waals surface area contributed by atoms with Crippen molar-refractivity contribution in [2.45, 2.75) is 13.3 Å². The fourth-order valence-corrected chi connectivity index (χ4v) is 4.65. The number of pyridine rings is 1. The Morgan fingerprint density at radius 3 is 2.80 bits per heavy atom. The first-order valence-electron chi connectivity index (χ1n) is 9.17. The van der Waals surface area contributed by atoms with Gasteiger partial charge in [0.1, 0.15) is 17.6 Å². The fourth-order valence-electron chi connectivity index (χ4n) is 3.39. The summed E-state index contributed by atoms with van der Waals surface area (Å²) in [5.41, 5.74) is 5.17. The van der Waals surface area contributed by atoms with Gasteiger partial charge in [0, 0.05) is 23.2 Å². The van der Waals surface area contributed by atoms with E-state index in [1.165, 1.54) is 11.3 Å². The van der Waals surface area contributed by atoms with Crippen LogP contribution in [0.3, 0.4) is 0 Å². The number of halogens is 1. The molecule has 9 heteroatoms. The molecule has 0 bridgehead atoms. The van der Waals surface area contributed by atoms with Crippen LogP contribution in [0.4, 0.5) is 0 Å². The Labute approximate surface area is 180 Å². The monoisotopic (exact) mass is 434 g/mol. The van der Waals surface area contributed by atoms with Crippen LogP contribution >= 0.6 is 22.9 Å². The molecular weight excluding hydrogens is 420 g/mol. The summed E-state index contributed by atoms with van der Waals surface area (Å²) in [6, 6.07) is 11.3. The van der Waals surface area contributed by atoms with Crippen molar-refractivity contribution in [3.63, 3.8) is 0 Å². The van der Waals surface area contributed by atoms with Crippen molar-refractivity contribution >= 4 is 34.7 Å². The van der Waals surface area contributed by atoms with Crippen LogP contribution in [0.2, 0.25) is 5.02 Å². The van der Waals surface area contributed by atoms with Crippen LogP contribution in [0.5, 0.6) is 0 Å². The van der Waals surface area contributed by atoms with Gasteiger partial charge in [-0.15, -0.1) is 21.5 Å². The quantitative estimate of drug-likeness (QED) is 0.408. The molecule has 0 fully saturated rings. The Kier molecular flexibility index (Phi) is 4.65. The molecule has 1 aromatic carbocycles. The van der Waals surface area contributed by atoms with E-state index in [9.17, 15) is 4.79 Å². The number of hydrogen-bond acceptors (Lipinski definition) is 6. The number of carbonyl (C=O) groups is 1. The van der Waals surface area contributed by atoms with Crippen molar-refractivity contribution in [1.82, 2.24) is 29.8 Å². The van der Waals surface area contributed by atoms with Crippen LogP contribution < -0.4 is 0 Å². The highest BCUT2D eigenvalue weighted by atomic mass is 35.5. The number of benzene rings is 1. The molecule has 4 aromatic heterocycles. The van der Waals surface area contributed by atoms with Crippen LogP contribution in [0, 0.1) is 6.92 Å². The van der Waals surface area contributed by atoms with Gasteiger partial charge >= 0.3 is 0 Å². The number of hydrogen-bond donors (Lipinski definition) is 1. The molecule has 0 radical (unpaired) electrons. The minimum absolute atomic E-state index is 0.594. The Hall–Kier alpha value is -3.36. The van der Waals surface area contributed by atoms with Crippen molar-refractivity contribution in [2.24, 2.45) is 0 Å². The highest BCUT2D eigenvalue weighted by Gasteiger charge is 2.21. The molecule has 0 unspecified atom stereocenters. The molecule has 0 saturated heterocycles. The van der Waals surface area contributed by atoms with E-state index in [1.807, 2.05) is 37.3 Å². The van der Waals surface area contributed by atoms with Gasteiger partial charge in [0.2, 0.25) is 0 Å². The molecule has 4 heterocycles. The van der Waals surface area contributed by atoms with Gasteiger partial charge < -0.3 is 4.98 Å². The molecule has 0 aliphatic rings. The van der Waals surface area contributed by atoms with E-state index in [1.54, 1.807) is 23.1 Å². The summed E-state index contributed by atoms with van der Waals surface area (Å²) < 4.78 is 1.77. The zero-order valence-corrected chi connectivity index (χ0v) is 17.4. The van der Waals surface area contributed by atoms with Gasteiger partial charge in [-0.25, -0.2) is 9.50 Å². The van der Waals surface area contributed by atoms with Crippen molar-refractivity contribution in [1.29, 1.82) is 0 Å². The minimum atomic E-state index is 0.594. The van der Waals surface area contributed by atoms with Gasteiger partial charge in [-0.05, 0) is 36.8 Å². The number of carbonyl (C=O) groups excluding carboxylic acids is 1. The summed E-state index contributed by atoms with van der Waals surface area (Å²) in [6.45, 7) is 1.94. The van der Waals surface area contributed by atoms with Gasteiger partial charge in [-0.1, -0.05) is 23.7 Å². The average Bonchev–Trinajstić information content (AvgIpc) is 3.47. The van der Waals surface area contributed by atoms with Crippen LogP contribution in [0.25, 0.3) is 26.8 Å². The molecule has 148 valence electrons. The minimum Gasteiger partial charge on any atom is -0.327 e. The smallest absolute Gasteiger partial charge is 0.173 e. The maximum atomic E-state index is 11.3. The first kappa shape index (κ1) is 18.7. The second kappa shape index (κ2) is 7.47. The number of nitrogens with one attached hydrogen (secondary N) is 1. The zero-order chi connectivity index (χ0) is 20.7. The second-order valence-electron chi connectivity index (χ2n) is 6.80. The van der Waals surface area contributed by atoms with E-state index in [0.717, 1.165) is 44.2 Å². The van der Waals surface area contributed by atoms with Crippen molar-refractivity contribution < 1.29 is 4.79 Å². The molecule has 7 nitrogen and oxygen atoms in total. The van der Waals surface area contributed by atoms with E-state index in [2.05, 4.69) is 20.3 Å². The SMILES string of the molecule is Cc1nn2ccc(C=O)cc2c1-c1nc(Cc2ccc(Cl)cc2)c(-c2nnc[nH]2)s1. The van der Waals surface area contributed by atoms with E-state index in [-0.39, 0.29) is 0 Å². The zero-order valence-electron chi connectivity index (χ0n) is 15.8. The topological polar surface area (TPSA) is 88.8 Å². The normalized spacial score (nSPS) is 11.3. The van der Waals surface area contributed by atoms with E-state index in [0.29, 0.717) is 22.8 Å². The summed E-state index contributed by atoms with van der Waals surface area (Å²) >= 11 is 7.55. The molecule has 30 heavy (non-hydrogen) atoms. The fraction of sp³-hybridized carbons (Fsp3) is 0.0952. The van der Waals surface area contributed by atoms with Crippen LogP contribution in [0.15, 0.2) is 48.9 Å². The van der Waals surface area contributed by atoms with Crippen LogP contribution in [-0.4, -0.2) is 36.1 Å². The van der Waals surface area contributed by atoms with Crippen molar-refractivity contribution in [3.8, 4) is 21.3 Å². The predicted molar refractivity (Wildman–Crippen MR) is 116 cm³/mol. The largest absolute Gasteiger partial charge is 0.327 e. The lowest BCUT2D eigenvalue weighted by Gasteiger charge is -2.01. The number of aldehydes is 1. The van der Waals surface area contributed by atoms with E-state index < -0.39 is 0 Å². The summed E-state index contributed by atoms with van der Waals surface area (Å²) in [6.07, 6.45) is 4.80. The summed E-state index contributed by atoms with van der Waals surface area (Å²) in [4.78, 5) is 20.2. The average molecular weight is 435 g/mol. The third-order valence-corrected chi connectivity index (χ3v) is 6.17. The summed E-state index contributed by atoms with van der Waals surface area (Å²) in [7, 11) is 0. The standard InChI is InChI=1S/C21H15ClN6OS/c1-12-18(17-9-14(10-29)6-7-28(17)27-12)21-25-16(8-13-2-4-15(22)5-3-13)19(30-21)20-23-11-24-26-20/h2-7,9-11H,8H2,1H3,(H,23,24,26). The number of H-pyrrole nitrogens is 1. The number of nitrogens with zero attached hydrogens (tertiary/aromatic N) is 5. The first-order chi connectivity index (χ1) is 14.6. The summed E-state index contributed by atoms with van der Waals surface area (Å²) in [5, 5.41) is 14.2. The number of aromatic amines is 1. The maximum absolute atomic E-state index is 11.3. The van der Waals surface area contributed by atoms with Crippen molar-refractivity contribution in [2.75, 3.05) is 0 Å². The predicted octanol–water partition coefficient (Wildman–Crippen LogP) is 4.61. The molecule has 0 atom stereocenters. The number of fused-ring (bicyclic) bond motifs is 1. The third-order valence-electron chi connectivity index (χ3n) is 4.80. The second-order valence-corrected chi connectivity index (χ2v) is 8.24. The lowest BCUT2D eigenvalue weighted by atomic mass is 10.1. The molecule has 0 amide bonds. The highest BCUT2D eigenvalue weighted by Crippen LogP contribution is 2.38. The van der Waals surface area contributed by atoms with Gasteiger partial charge in [-0.3, -0.25) is 4.79 Å². The molecule has 0 saturated carbocycles. The Balaban J connectivity index is 1.67. The van der Waals surface area contributed by atoms with Gasteiger partial charge in [0.05, 0.1) is 27.3 Å². The van der Waals surface area contributed by atoms with Crippen LogP contribution in [0.1, 0.15) is 27.3 Å². The van der Waals surface area contributed by atoms with Gasteiger partial charge in [-0.2, -0.15) is 5.10 Å². The first-order valence-corrected chi connectivity index (χ1v) is 10.4. The van der Waals surface area contributed by atoms with E-state index >= 15 is 0 Å². The van der Waals surface area contributed by atoms with Crippen LogP contribution in [-0.2, 0) is 6.42 Å². The number of thiazole rings is 1. The Morgan fingerprint density at radius 1 is 1.23 bits per heavy atom. The Bertz CT molecular complexity index is 1350. The van der Waals surface area contributed by atoms with Gasteiger partial charge in [0.15, 0.2) is 5.82 Å². The third kappa shape index (κ3) is 3.30. The Morgan fingerprint density at radius 2 is 2.07 bits per heavy atom. The number of aromatic nitrogens is 6.